The van der Waals surface area contributed by atoms with Gasteiger partial charge in [-0.15, -0.1) is 0 Å². The lowest BCUT2D eigenvalue weighted by molar-refractivity contribution is -0.167. The van der Waals surface area contributed by atoms with Crippen molar-refractivity contribution in [2.24, 2.45) is 0 Å². The highest BCUT2D eigenvalue weighted by Crippen LogP contribution is 2.15. The zero-order valence-corrected chi connectivity index (χ0v) is 43.4. The number of hydrogen-bond acceptors (Lipinski definition) is 6. The molecular weight excluding hydrogens is 817 g/mol. The van der Waals surface area contributed by atoms with Crippen molar-refractivity contribution in [1.29, 1.82) is 0 Å². The van der Waals surface area contributed by atoms with Crippen molar-refractivity contribution in [3.8, 4) is 0 Å². The first-order chi connectivity index (χ1) is 32.5. The van der Waals surface area contributed by atoms with E-state index in [-0.39, 0.29) is 31.1 Å². The molecule has 6 heteroatoms. The molecule has 380 valence electrons. The number of allylic oxidation sites excluding steroid dienone is 12. The second-order valence-corrected chi connectivity index (χ2v) is 18.5. The molecule has 1 atom stereocenters. The standard InChI is InChI=1S/C60H104O6/c1-4-7-10-13-16-19-21-23-25-27-28-29-30-31-32-34-35-37-39-41-44-47-50-53-59(62)65-56-57(55-64-58(61)52-49-46-43-18-15-12-9-6-3)66-60(63)54-51-48-45-42-40-38-36-33-26-24-22-20-17-14-11-8-5-2/h8,11,17,20-21,23-24,26-28,36,38,57H,4-7,9-10,12-16,18-19,22,25,29-35,37,39-56H2,1-3H3/b11-8-,20-17-,23-21-,26-24-,28-27-,38-36-. The second kappa shape index (κ2) is 54.5. The zero-order chi connectivity index (χ0) is 47.9. The highest BCUT2D eigenvalue weighted by molar-refractivity contribution is 5.71. The molecule has 0 fully saturated rings. The Labute approximate surface area is 408 Å². The third-order valence-electron chi connectivity index (χ3n) is 11.9. The lowest BCUT2D eigenvalue weighted by Gasteiger charge is -2.18. The van der Waals surface area contributed by atoms with Gasteiger partial charge in [-0.1, -0.05) is 235 Å². The summed E-state index contributed by atoms with van der Waals surface area (Å²) < 4.78 is 16.8. The van der Waals surface area contributed by atoms with E-state index in [4.69, 9.17) is 14.2 Å². The highest BCUT2D eigenvalue weighted by Gasteiger charge is 2.19. The molecule has 0 aliphatic rings. The van der Waals surface area contributed by atoms with E-state index in [9.17, 15) is 14.4 Å². The van der Waals surface area contributed by atoms with Crippen molar-refractivity contribution in [2.75, 3.05) is 13.2 Å². The summed E-state index contributed by atoms with van der Waals surface area (Å²) in [6.45, 7) is 6.48. The first-order valence-electron chi connectivity index (χ1n) is 27.9. The van der Waals surface area contributed by atoms with Crippen LogP contribution in [0.2, 0.25) is 0 Å². The molecule has 0 N–H and O–H groups in total. The molecule has 1 unspecified atom stereocenters. The molecule has 0 aliphatic heterocycles. The van der Waals surface area contributed by atoms with E-state index in [1.165, 1.54) is 128 Å². The maximum Gasteiger partial charge on any atom is 0.306 e. The topological polar surface area (TPSA) is 78.9 Å². The first kappa shape index (κ1) is 62.8. The van der Waals surface area contributed by atoms with Gasteiger partial charge in [-0.3, -0.25) is 14.4 Å². The van der Waals surface area contributed by atoms with E-state index in [1.54, 1.807) is 0 Å². The summed E-state index contributed by atoms with van der Waals surface area (Å²) in [5, 5.41) is 0. The summed E-state index contributed by atoms with van der Waals surface area (Å²) in [4.78, 5) is 37.9. The number of rotatable bonds is 50. The van der Waals surface area contributed by atoms with Gasteiger partial charge in [0.15, 0.2) is 6.10 Å². The first-order valence-corrected chi connectivity index (χ1v) is 27.9. The van der Waals surface area contributed by atoms with Gasteiger partial charge >= 0.3 is 17.9 Å². The van der Waals surface area contributed by atoms with Crippen LogP contribution in [0.25, 0.3) is 0 Å². The Kier molecular flexibility index (Phi) is 51.9. The van der Waals surface area contributed by atoms with Crippen LogP contribution in [0.4, 0.5) is 0 Å². The van der Waals surface area contributed by atoms with E-state index in [2.05, 4.69) is 93.7 Å². The summed E-state index contributed by atoms with van der Waals surface area (Å²) in [5.74, 6) is -0.910. The number of hydrogen-bond donors (Lipinski definition) is 0. The van der Waals surface area contributed by atoms with Crippen LogP contribution < -0.4 is 0 Å². The molecular formula is C60H104O6. The molecule has 6 nitrogen and oxygen atoms in total. The largest absolute Gasteiger partial charge is 0.462 e. The van der Waals surface area contributed by atoms with Crippen LogP contribution in [0.1, 0.15) is 271 Å². The Morgan fingerprint density at radius 3 is 0.924 bits per heavy atom. The van der Waals surface area contributed by atoms with Gasteiger partial charge in [0, 0.05) is 19.3 Å². The fourth-order valence-corrected chi connectivity index (χ4v) is 7.76. The number of esters is 3. The van der Waals surface area contributed by atoms with Crippen LogP contribution in [0.3, 0.4) is 0 Å². The molecule has 0 bridgehead atoms. The number of carbonyl (C=O) groups is 3. The van der Waals surface area contributed by atoms with E-state index in [0.717, 1.165) is 103 Å². The van der Waals surface area contributed by atoms with Crippen molar-refractivity contribution in [3.05, 3.63) is 72.9 Å². The van der Waals surface area contributed by atoms with Gasteiger partial charge in [0.2, 0.25) is 0 Å². The highest BCUT2D eigenvalue weighted by atomic mass is 16.6. The molecule has 0 saturated carbocycles. The van der Waals surface area contributed by atoms with Crippen LogP contribution in [0.5, 0.6) is 0 Å². The molecule has 0 radical (unpaired) electrons. The quantitative estimate of drug-likeness (QED) is 0.0262. The van der Waals surface area contributed by atoms with Crippen LogP contribution >= 0.6 is 0 Å². The lowest BCUT2D eigenvalue weighted by atomic mass is 10.0. The van der Waals surface area contributed by atoms with E-state index in [0.29, 0.717) is 19.3 Å². The maximum atomic E-state index is 12.8. The fourth-order valence-electron chi connectivity index (χ4n) is 7.76. The third kappa shape index (κ3) is 51.8. The van der Waals surface area contributed by atoms with Gasteiger partial charge in [-0.05, 0) is 89.9 Å². The van der Waals surface area contributed by atoms with Crippen molar-refractivity contribution >= 4 is 17.9 Å². The summed E-state index contributed by atoms with van der Waals surface area (Å²) in [5.41, 5.74) is 0. The summed E-state index contributed by atoms with van der Waals surface area (Å²) in [6.07, 6.45) is 69.0. The Morgan fingerprint density at radius 2 is 0.591 bits per heavy atom. The molecule has 0 spiro atoms. The minimum Gasteiger partial charge on any atom is -0.462 e. The SMILES string of the molecule is CC/C=C\C/C=C\C/C=C\C/C=C\CCCCCCC(=O)OC(COC(=O)CCCCCCCCCC)COC(=O)CCCCCCCCCCCCC/C=C\C/C=C\CCCCCCC. The molecule has 0 saturated heterocycles. The van der Waals surface area contributed by atoms with Crippen molar-refractivity contribution in [2.45, 2.75) is 277 Å². The summed E-state index contributed by atoms with van der Waals surface area (Å²) in [6, 6.07) is 0. The summed E-state index contributed by atoms with van der Waals surface area (Å²) >= 11 is 0. The monoisotopic (exact) mass is 921 g/mol. The van der Waals surface area contributed by atoms with E-state index in [1.807, 2.05) is 0 Å². The molecule has 0 aromatic heterocycles. The second-order valence-electron chi connectivity index (χ2n) is 18.5. The van der Waals surface area contributed by atoms with Crippen LogP contribution in [0, 0.1) is 0 Å². The van der Waals surface area contributed by atoms with Crippen LogP contribution in [-0.2, 0) is 28.6 Å². The van der Waals surface area contributed by atoms with Gasteiger partial charge in [0.1, 0.15) is 13.2 Å². The molecule has 0 heterocycles. The average molecular weight is 921 g/mol. The molecule has 66 heavy (non-hydrogen) atoms. The molecule has 0 amide bonds. The molecule has 0 aromatic rings. The summed E-state index contributed by atoms with van der Waals surface area (Å²) in [7, 11) is 0. The maximum absolute atomic E-state index is 12.8. The van der Waals surface area contributed by atoms with Gasteiger partial charge in [-0.2, -0.15) is 0 Å². The number of ether oxygens (including phenoxy) is 3. The van der Waals surface area contributed by atoms with Crippen molar-refractivity contribution in [3.63, 3.8) is 0 Å². The van der Waals surface area contributed by atoms with Crippen molar-refractivity contribution in [1.82, 2.24) is 0 Å². The Bertz CT molecular complexity index is 1240. The smallest absolute Gasteiger partial charge is 0.306 e. The van der Waals surface area contributed by atoms with Crippen molar-refractivity contribution < 1.29 is 28.6 Å². The lowest BCUT2D eigenvalue weighted by Crippen LogP contribution is -2.30. The van der Waals surface area contributed by atoms with E-state index >= 15 is 0 Å². The van der Waals surface area contributed by atoms with Gasteiger partial charge in [0.05, 0.1) is 0 Å². The van der Waals surface area contributed by atoms with Gasteiger partial charge in [-0.25, -0.2) is 0 Å². The fraction of sp³-hybridized carbons (Fsp3) is 0.750. The Morgan fingerprint density at radius 1 is 0.318 bits per heavy atom. The molecule has 0 aliphatic carbocycles. The Balaban J connectivity index is 4.26. The average Bonchev–Trinajstić information content (AvgIpc) is 3.31. The number of unbranched alkanes of at least 4 members (excludes halogenated alkanes) is 27. The number of carbonyl (C=O) groups excluding carboxylic acids is 3. The molecule has 0 rings (SSSR count). The van der Waals surface area contributed by atoms with Crippen LogP contribution in [-0.4, -0.2) is 37.2 Å². The predicted octanol–water partition coefficient (Wildman–Crippen LogP) is 18.6. The zero-order valence-electron chi connectivity index (χ0n) is 43.4. The minimum atomic E-state index is -0.786. The van der Waals surface area contributed by atoms with E-state index < -0.39 is 6.10 Å². The van der Waals surface area contributed by atoms with Gasteiger partial charge in [0.25, 0.3) is 0 Å². The Hall–Kier alpha value is -3.15. The molecule has 0 aromatic carbocycles. The van der Waals surface area contributed by atoms with Crippen LogP contribution in [0.15, 0.2) is 72.9 Å². The van der Waals surface area contributed by atoms with Gasteiger partial charge < -0.3 is 14.2 Å². The minimum absolute atomic E-state index is 0.0848. The normalized spacial score (nSPS) is 12.6. The third-order valence-corrected chi connectivity index (χ3v) is 11.9. The predicted molar refractivity (Wildman–Crippen MR) is 284 cm³/mol.